The molecule has 1 heterocycles. The van der Waals surface area contributed by atoms with Gasteiger partial charge in [0.1, 0.15) is 18.3 Å². The predicted molar refractivity (Wildman–Crippen MR) is 53.5 cm³/mol. The van der Waals surface area contributed by atoms with E-state index in [0.29, 0.717) is 0 Å². The zero-order chi connectivity index (χ0) is 12.5. The van der Waals surface area contributed by atoms with Crippen molar-refractivity contribution in [3.8, 4) is 0 Å². The average molecular weight is 238 g/mol. The molecule has 3 N–H and O–H groups in total. The maximum Gasteiger partial charge on any atom is 0.192 e. The summed E-state index contributed by atoms with van der Waals surface area (Å²) in [7, 11) is 0. The summed E-state index contributed by atoms with van der Waals surface area (Å²) >= 11 is 0. The Morgan fingerprint density at radius 1 is 1.25 bits per heavy atom. The van der Waals surface area contributed by atoms with Crippen LogP contribution in [0, 0.1) is 0 Å². The van der Waals surface area contributed by atoms with Crippen molar-refractivity contribution < 1.29 is 29.2 Å². The molecule has 1 saturated heterocycles. The largest absolute Gasteiger partial charge is 0.394 e. The Morgan fingerprint density at radius 3 is 2.25 bits per heavy atom. The minimum atomic E-state index is -1.84. The first kappa shape index (κ1) is 13.8. The van der Waals surface area contributed by atoms with Gasteiger partial charge in [-0.2, -0.15) is 0 Å². The second-order valence-electron chi connectivity index (χ2n) is 4.88. The number of rotatable bonds is 2. The first-order chi connectivity index (χ1) is 7.26. The third-order valence-electron chi connectivity index (χ3n) is 2.28. The van der Waals surface area contributed by atoms with Gasteiger partial charge in [0.2, 0.25) is 0 Å². The highest BCUT2D eigenvalue weighted by molar-refractivity contribution is 4.89. The third-order valence-corrected chi connectivity index (χ3v) is 2.28. The van der Waals surface area contributed by atoms with Crippen LogP contribution < -0.4 is 0 Å². The van der Waals surface area contributed by atoms with E-state index in [2.05, 4.69) is 0 Å². The van der Waals surface area contributed by atoms with Gasteiger partial charge in [0.15, 0.2) is 12.5 Å². The Kier molecular flexibility index (Phi) is 4.25. The van der Waals surface area contributed by atoms with Crippen molar-refractivity contribution in [3.05, 3.63) is 0 Å². The van der Waals surface area contributed by atoms with Crippen LogP contribution in [0.15, 0.2) is 0 Å². The molecule has 5 atom stereocenters. The van der Waals surface area contributed by atoms with Crippen LogP contribution in [0.3, 0.4) is 0 Å². The number of halogens is 1. The molecular weight excluding hydrogens is 219 g/mol. The Bertz CT molecular complexity index is 228. The molecule has 96 valence electrons. The van der Waals surface area contributed by atoms with Gasteiger partial charge in [-0.05, 0) is 20.8 Å². The van der Waals surface area contributed by atoms with Crippen LogP contribution in [0.5, 0.6) is 0 Å². The molecule has 6 heteroatoms. The standard InChI is InChI=1S/C10H19FO5/c1-10(2,3)16-9-6(11)8(14)7(13)5(4-12)15-9/h5-9,12-14H,4H2,1-3H3/t5?,6?,7-,8-,9+/m1/s1. The SMILES string of the molecule is CC(C)(C)O[C@@H]1OC(CO)[C@@H](O)[C@H](O)C1F. The van der Waals surface area contributed by atoms with E-state index >= 15 is 0 Å². The minimum Gasteiger partial charge on any atom is -0.394 e. The summed E-state index contributed by atoms with van der Waals surface area (Å²) < 4.78 is 23.9. The van der Waals surface area contributed by atoms with E-state index in [4.69, 9.17) is 14.6 Å². The molecule has 1 aliphatic heterocycles. The lowest BCUT2D eigenvalue weighted by molar-refractivity contribution is -0.308. The van der Waals surface area contributed by atoms with Crippen LogP contribution in [0.1, 0.15) is 20.8 Å². The highest BCUT2D eigenvalue weighted by Crippen LogP contribution is 2.27. The first-order valence-electron chi connectivity index (χ1n) is 5.20. The fourth-order valence-corrected chi connectivity index (χ4v) is 1.49. The third kappa shape index (κ3) is 3.11. The Morgan fingerprint density at radius 2 is 1.81 bits per heavy atom. The summed E-state index contributed by atoms with van der Waals surface area (Å²) in [5, 5.41) is 27.7. The highest BCUT2D eigenvalue weighted by Gasteiger charge is 2.46. The molecule has 0 amide bonds. The zero-order valence-electron chi connectivity index (χ0n) is 9.63. The van der Waals surface area contributed by atoms with Crippen LogP contribution in [0.4, 0.5) is 4.39 Å². The van der Waals surface area contributed by atoms with Crippen molar-refractivity contribution in [2.75, 3.05) is 6.61 Å². The number of hydrogen-bond donors (Lipinski definition) is 3. The molecule has 0 aliphatic carbocycles. The maximum atomic E-state index is 13.6. The summed E-state index contributed by atoms with van der Waals surface area (Å²) in [4.78, 5) is 0. The summed E-state index contributed by atoms with van der Waals surface area (Å²) in [5.74, 6) is 0. The Hall–Kier alpha value is -0.270. The molecule has 0 aromatic rings. The van der Waals surface area contributed by atoms with Gasteiger partial charge in [0.05, 0.1) is 12.2 Å². The molecule has 0 aromatic heterocycles. The second kappa shape index (κ2) is 4.93. The van der Waals surface area contributed by atoms with E-state index in [-0.39, 0.29) is 0 Å². The fourth-order valence-electron chi connectivity index (χ4n) is 1.49. The van der Waals surface area contributed by atoms with Crippen molar-refractivity contribution >= 4 is 0 Å². The van der Waals surface area contributed by atoms with Crippen LogP contribution in [0.25, 0.3) is 0 Å². The van der Waals surface area contributed by atoms with Gasteiger partial charge in [-0.1, -0.05) is 0 Å². The number of aliphatic hydroxyl groups excluding tert-OH is 3. The summed E-state index contributed by atoms with van der Waals surface area (Å²) in [6.07, 6.45) is -7.21. The lowest BCUT2D eigenvalue weighted by Gasteiger charge is -2.40. The monoisotopic (exact) mass is 238 g/mol. The van der Waals surface area contributed by atoms with E-state index in [0.717, 1.165) is 0 Å². The lowest BCUT2D eigenvalue weighted by Crippen LogP contribution is -2.58. The van der Waals surface area contributed by atoms with Gasteiger partial charge >= 0.3 is 0 Å². The number of aliphatic hydroxyl groups is 3. The zero-order valence-corrected chi connectivity index (χ0v) is 9.63. The molecule has 0 saturated carbocycles. The molecule has 0 aromatic carbocycles. The molecular formula is C10H19FO5. The van der Waals surface area contributed by atoms with Gasteiger partial charge in [-0.15, -0.1) is 0 Å². The van der Waals surface area contributed by atoms with Crippen LogP contribution in [-0.4, -0.2) is 58.3 Å². The molecule has 5 nitrogen and oxygen atoms in total. The fraction of sp³-hybridized carbons (Fsp3) is 1.00. The molecule has 1 rings (SSSR count). The summed E-state index contributed by atoms with van der Waals surface area (Å²) in [6.45, 7) is 4.65. The van der Waals surface area contributed by atoms with Crippen molar-refractivity contribution in [1.29, 1.82) is 0 Å². The topological polar surface area (TPSA) is 79.2 Å². The molecule has 1 fully saturated rings. The first-order valence-corrected chi connectivity index (χ1v) is 5.20. The molecule has 16 heavy (non-hydrogen) atoms. The molecule has 0 bridgehead atoms. The quantitative estimate of drug-likeness (QED) is 0.609. The van der Waals surface area contributed by atoms with E-state index in [1.54, 1.807) is 20.8 Å². The normalized spacial score (nSPS) is 41.1. The van der Waals surface area contributed by atoms with Crippen molar-refractivity contribution in [2.24, 2.45) is 0 Å². The van der Waals surface area contributed by atoms with Crippen molar-refractivity contribution in [3.63, 3.8) is 0 Å². The Labute approximate surface area is 93.8 Å². The van der Waals surface area contributed by atoms with Crippen LogP contribution in [0.2, 0.25) is 0 Å². The number of ether oxygens (including phenoxy) is 2. The maximum absolute atomic E-state index is 13.6. The van der Waals surface area contributed by atoms with Gasteiger partial charge in [0.25, 0.3) is 0 Å². The Balaban J connectivity index is 2.71. The number of hydrogen-bond acceptors (Lipinski definition) is 5. The highest BCUT2D eigenvalue weighted by atomic mass is 19.1. The van der Waals surface area contributed by atoms with Gasteiger partial charge < -0.3 is 24.8 Å². The van der Waals surface area contributed by atoms with Gasteiger partial charge in [0, 0.05) is 0 Å². The van der Waals surface area contributed by atoms with E-state index < -0.39 is 43.0 Å². The van der Waals surface area contributed by atoms with Crippen LogP contribution >= 0.6 is 0 Å². The molecule has 1 aliphatic rings. The molecule has 2 unspecified atom stereocenters. The van der Waals surface area contributed by atoms with Gasteiger partial charge in [-0.25, -0.2) is 4.39 Å². The second-order valence-corrected chi connectivity index (χ2v) is 4.88. The average Bonchev–Trinajstić information content (AvgIpc) is 2.17. The molecule has 0 radical (unpaired) electrons. The minimum absolute atomic E-state index is 0.505. The van der Waals surface area contributed by atoms with E-state index in [9.17, 15) is 14.6 Å². The summed E-state index contributed by atoms with van der Waals surface area (Å²) in [5.41, 5.74) is -0.642. The number of alkyl halides is 1. The van der Waals surface area contributed by atoms with Crippen molar-refractivity contribution in [1.82, 2.24) is 0 Å². The summed E-state index contributed by atoms with van der Waals surface area (Å²) in [6, 6.07) is 0. The van der Waals surface area contributed by atoms with E-state index in [1.807, 2.05) is 0 Å². The predicted octanol–water partition coefficient (Wildman–Crippen LogP) is -0.421. The van der Waals surface area contributed by atoms with E-state index in [1.165, 1.54) is 0 Å². The smallest absolute Gasteiger partial charge is 0.192 e. The van der Waals surface area contributed by atoms with Crippen LogP contribution in [-0.2, 0) is 9.47 Å². The van der Waals surface area contributed by atoms with Crippen molar-refractivity contribution in [2.45, 2.75) is 57.1 Å². The lowest BCUT2D eigenvalue weighted by atomic mass is 10.00. The van der Waals surface area contributed by atoms with Gasteiger partial charge in [-0.3, -0.25) is 0 Å². The molecule has 0 spiro atoms.